The molecule has 116 valence electrons. The first kappa shape index (κ1) is 16.8. The van der Waals surface area contributed by atoms with Crippen LogP contribution < -0.4 is 5.32 Å². The van der Waals surface area contributed by atoms with Crippen molar-refractivity contribution in [2.75, 3.05) is 13.2 Å². The predicted molar refractivity (Wildman–Crippen MR) is 75.5 cm³/mol. The summed E-state index contributed by atoms with van der Waals surface area (Å²) >= 11 is 0. The van der Waals surface area contributed by atoms with Gasteiger partial charge >= 0.3 is 12.0 Å². The summed E-state index contributed by atoms with van der Waals surface area (Å²) in [5, 5.41) is 21.1. The van der Waals surface area contributed by atoms with E-state index in [-0.39, 0.29) is 25.2 Å². The number of carbonyl (C=O) groups excluding carboxylic acids is 1. The highest BCUT2D eigenvalue weighted by Gasteiger charge is 2.36. The van der Waals surface area contributed by atoms with Crippen molar-refractivity contribution in [1.82, 2.24) is 10.2 Å². The van der Waals surface area contributed by atoms with Crippen LogP contribution in [0.2, 0.25) is 0 Å². The second-order valence-electron chi connectivity index (χ2n) is 5.67. The predicted octanol–water partition coefficient (Wildman–Crippen LogP) is 1.58. The number of urea groups is 1. The number of carbonyl (C=O) groups is 2. The third kappa shape index (κ3) is 4.10. The largest absolute Gasteiger partial charge is 0.480 e. The minimum Gasteiger partial charge on any atom is -0.480 e. The number of rotatable bonds is 7. The summed E-state index contributed by atoms with van der Waals surface area (Å²) in [4.78, 5) is 25.3. The molecule has 0 radical (unpaired) electrons. The second kappa shape index (κ2) is 7.47. The van der Waals surface area contributed by atoms with Gasteiger partial charge in [-0.3, -0.25) is 0 Å². The average molecular weight is 286 g/mol. The number of amides is 2. The van der Waals surface area contributed by atoms with Crippen molar-refractivity contribution >= 4 is 12.0 Å². The Labute approximate surface area is 120 Å². The van der Waals surface area contributed by atoms with Crippen LogP contribution in [0.25, 0.3) is 0 Å². The highest BCUT2D eigenvalue weighted by atomic mass is 16.4. The number of aliphatic hydroxyl groups is 1. The summed E-state index contributed by atoms with van der Waals surface area (Å²) in [5.41, 5.74) is -1.25. The van der Waals surface area contributed by atoms with E-state index in [1.807, 2.05) is 6.92 Å². The standard InChI is InChI=1S/C14H26N2O4/c1-3-8-14(2,12(18)19)15-13(20)16(9-10-17)11-6-4-5-7-11/h11,17H,3-10H2,1-2H3,(H,15,20)(H,18,19). The van der Waals surface area contributed by atoms with Gasteiger partial charge in [-0.15, -0.1) is 0 Å². The fraction of sp³-hybridized carbons (Fsp3) is 0.857. The van der Waals surface area contributed by atoms with Gasteiger partial charge in [-0.25, -0.2) is 9.59 Å². The molecule has 6 heteroatoms. The Morgan fingerprint density at radius 1 is 1.35 bits per heavy atom. The fourth-order valence-electron chi connectivity index (χ4n) is 2.80. The molecule has 0 aliphatic heterocycles. The van der Waals surface area contributed by atoms with Crippen LogP contribution in [-0.4, -0.2) is 51.8 Å². The number of hydrogen-bond acceptors (Lipinski definition) is 3. The van der Waals surface area contributed by atoms with Gasteiger partial charge in [0.2, 0.25) is 0 Å². The Balaban J connectivity index is 2.75. The van der Waals surface area contributed by atoms with E-state index < -0.39 is 11.5 Å². The lowest BCUT2D eigenvalue weighted by atomic mass is 9.96. The molecule has 0 saturated heterocycles. The number of carboxylic acids is 1. The zero-order chi connectivity index (χ0) is 15.2. The summed E-state index contributed by atoms with van der Waals surface area (Å²) < 4.78 is 0. The van der Waals surface area contributed by atoms with Crippen molar-refractivity contribution in [3.63, 3.8) is 0 Å². The molecular weight excluding hydrogens is 260 g/mol. The van der Waals surface area contributed by atoms with Crippen molar-refractivity contribution in [3.8, 4) is 0 Å². The molecule has 0 spiro atoms. The van der Waals surface area contributed by atoms with Gasteiger partial charge in [0, 0.05) is 12.6 Å². The molecule has 2 amide bonds. The van der Waals surface area contributed by atoms with Crippen molar-refractivity contribution in [3.05, 3.63) is 0 Å². The second-order valence-corrected chi connectivity index (χ2v) is 5.67. The van der Waals surface area contributed by atoms with Crippen molar-refractivity contribution < 1.29 is 19.8 Å². The number of aliphatic hydroxyl groups excluding tert-OH is 1. The molecule has 0 aromatic carbocycles. The third-order valence-corrected chi connectivity index (χ3v) is 3.97. The molecular formula is C14H26N2O4. The maximum atomic E-state index is 12.4. The Hall–Kier alpha value is -1.30. The van der Waals surface area contributed by atoms with Gasteiger partial charge in [-0.05, 0) is 26.2 Å². The number of hydrogen-bond donors (Lipinski definition) is 3. The molecule has 1 rings (SSSR count). The molecule has 1 fully saturated rings. The van der Waals surface area contributed by atoms with Crippen LogP contribution in [0.1, 0.15) is 52.4 Å². The van der Waals surface area contributed by atoms with E-state index in [0.29, 0.717) is 12.8 Å². The Bertz CT molecular complexity index is 342. The van der Waals surface area contributed by atoms with Crippen LogP contribution in [0.15, 0.2) is 0 Å². The topological polar surface area (TPSA) is 89.9 Å². The summed E-state index contributed by atoms with van der Waals surface area (Å²) in [7, 11) is 0. The van der Waals surface area contributed by atoms with E-state index in [9.17, 15) is 14.7 Å². The SMILES string of the molecule is CCCC(C)(NC(=O)N(CCO)C1CCCC1)C(=O)O. The minimum absolute atomic E-state index is 0.110. The van der Waals surface area contributed by atoms with Crippen LogP contribution in [0, 0.1) is 0 Å². The van der Waals surface area contributed by atoms with Gasteiger partial charge < -0.3 is 20.4 Å². The summed E-state index contributed by atoms with van der Waals surface area (Å²) in [6.45, 7) is 3.55. The highest BCUT2D eigenvalue weighted by Crippen LogP contribution is 2.24. The Kier molecular flexibility index (Phi) is 6.26. The van der Waals surface area contributed by atoms with Crippen LogP contribution in [0.4, 0.5) is 4.79 Å². The van der Waals surface area contributed by atoms with Crippen LogP contribution in [-0.2, 0) is 4.79 Å². The first-order chi connectivity index (χ1) is 9.44. The minimum atomic E-state index is -1.25. The van der Waals surface area contributed by atoms with E-state index in [2.05, 4.69) is 5.32 Å². The first-order valence-electron chi connectivity index (χ1n) is 7.37. The Morgan fingerprint density at radius 3 is 2.40 bits per heavy atom. The summed E-state index contributed by atoms with van der Waals surface area (Å²) in [6.07, 6.45) is 5.05. The molecule has 0 aromatic heterocycles. The van der Waals surface area contributed by atoms with E-state index in [4.69, 9.17) is 5.11 Å². The number of aliphatic carboxylic acids is 1. The van der Waals surface area contributed by atoms with E-state index in [0.717, 1.165) is 25.7 Å². The zero-order valence-electron chi connectivity index (χ0n) is 12.4. The van der Waals surface area contributed by atoms with Crippen LogP contribution >= 0.6 is 0 Å². The number of nitrogens with one attached hydrogen (secondary N) is 1. The lowest BCUT2D eigenvalue weighted by Gasteiger charge is -2.33. The molecule has 1 atom stereocenters. The summed E-state index contributed by atoms with van der Waals surface area (Å²) in [6, 6.07) is -0.272. The molecule has 3 N–H and O–H groups in total. The lowest BCUT2D eigenvalue weighted by molar-refractivity contribution is -0.144. The lowest BCUT2D eigenvalue weighted by Crippen LogP contribution is -2.58. The molecule has 0 bridgehead atoms. The Morgan fingerprint density at radius 2 is 1.95 bits per heavy atom. The fourth-order valence-corrected chi connectivity index (χ4v) is 2.80. The first-order valence-corrected chi connectivity index (χ1v) is 7.37. The molecule has 1 aliphatic carbocycles. The smallest absolute Gasteiger partial charge is 0.329 e. The average Bonchev–Trinajstić information content (AvgIpc) is 2.89. The maximum absolute atomic E-state index is 12.4. The zero-order valence-corrected chi connectivity index (χ0v) is 12.4. The van der Waals surface area contributed by atoms with Gasteiger partial charge in [0.15, 0.2) is 0 Å². The normalized spacial score (nSPS) is 18.6. The van der Waals surface area contributed by atoms with Gasteiger partial charge in [0.1, 0.15) is 5.54 Å². The van der Waals surface area contributed by atoms with Gasteiger partial charge in [-0.2, -0.15) is 0 Å². The van der Waals surface area contributed by atoms with Gasteiger partial charge in [-0.1, -0.05) is 26.2 Å². The highest BCUT2D eigenvalue weighted by molar-refractivity contribution is 5.86. The molecule has 0 aromatic rings. The molecule has 1 aliphatic rings. The quantitative estimate of drug-likeness (QED) is 0.662. The van der Waals surface area contributed by atoms with E-state index >= 15 is 0 Å². The molecule has 0 heterocycles. The van der Waals surface area contributed by atoms with E-state index in [1.54, 1.807) is 4.90 Å². The number of carboxylic acid groups (broad SMARTS) is 1. The van der Waals surface area contributed by atoms with Crippen molar-refractivity contribution in [2.45, 2.75) is 64.0 Å². The van der Waals surface area contributed by atoms with Crippen molar-refractivity contribution in [2.24, 2.45) is 0 Å². The molecule has 1 saturated carbocycles. The van der Waals surface area contributed by atoms with Gasteiger partial charge in [0.25, 0.3) is 0 Å². The maximum Gasteiger partial charge on any atom is 0.329 e. The van der Waals surface area contributed by atoms with E-state index in [1.165, 1.54) is 6.92 Å². The van der Waals surface area contributed by atoms with Crippen LogP contribution in [0.5, 0.6) is 0 Å². The number of nitrogens with zero attached hydrogens (tertiary/aromatic N) is 1. The molecule has 6 nitrogen and oxygen atoms in total. The third-order valence-electron chi connectivity index (χ3n) is 3.97. The molecule has 20 heavy (non-hydrogen) atoms. The van der Waals surface area contributed by atoms with Crippen LogP contribution in [0.3, 0.4) is 0 Å². The van der Waals surface area contributed by atoms with Crippen molar-refractivity contribution in [1.29, 1.82) is 0 Å². The molecule has 1 unspecified atom stereocenters. The van der Waals surface area contributed by atoms with Gasteiger partial charge in [0.05, 0.1) is 6.61 Å². The monoisotopic (exact) mass is 286 g/mol. The summed E-state index contributed by atoms with van der Waals surface area (Å²) in [5.74, 6) is -1.02.